The summed E-state index contributed by atoms with van der Waals surface area (Å²) in [5, 5.41) is 0. The second kappa shape index (κ2) is 24.4. The summed E-state index contributed by atoms with van der Waals surface area (Å²) in [6, 6.07) is 0. The minimum Gasteiger partial charge on any atom is -0.518 e. The van der Waals surface area contributed by atoms with Gasteiger partial charge < -0.3 is 6.58 Å². The van der Waals surface area contributed by atoms with Gasteiger partial charge in [0.05, 0.1) is 0 Å². The van der Waals surface area contributed by atoms with Crippen LogP contribution in [0, 0.1) is 6.58 Å². The molecular formula is C3H5Y3-. The van der Waals surface area contributed by atoms with Gasteiger partial charge in [-0.25, -0.2) is 0 Å². The van der Waals surface area contributed by atoms with Crippen molar-refractivity contribution in [1.82, 2.24) is 0 Å². The molecule has 0 aromatic heterocycles. The Hall–Kier alpha value is 3.05. The topological polar surface area (TPSA) is 0 Å². The Labute approximate surface area is 115 Å². The first-order chi connectivity index (χ1) is 1.41. The summed E-state index contributed by atoms with van der Waals surface area (Å²) in [7, 11) is 0. The summed E-state index contributed by atoms with van der Waals surface area (Å²) < 4.78 is 0. The molecule has 6 heavy (non-hydrogen) atoms. The second-order valence-corrected chi connectivity index (χ2v) is 0.333. The maximum atomic E-state index is 4.72. The molecular weight excluding hydrogens is 303 g/mol. The van der Waals surface area contributed by atoms with Gasteiger partial charge in [-0.3, -0.25) is 6.08 Å². The first-order valence-electron chi connectivity index (χ1n) is 0.911. The van der Waals surface area contributed by atoms with Gasteiger partial charge in [0.25, 0.3) is 0 Å². The predicted molar refractivity (Wildman–Crippen MR) is 14.5 cm³/mol. The molecule has 0 amide bonds. The Kier molecular flexibility index (Phi) is 93.5. The fourth-order valence-corrected chi connectivity index (χ4v) is 0. The van der Waals surface area contributed by atoms with E-state index >= 15 is 0 Å². The van der Waals surface area contributed by atoms with Crippen LogP contribution in [0.15, 0.2) is 6.08 Å². The van der Waals surface area contributed by atoms with Gasteiger partial charge in [-0.1, -0.05) is 6.92 Å². The molecule has 0 N–H and O–H groups in total. The molecule has 3 radical (unpaired) electrons. The van der Waals surface area contributed by atoms with Crippen molar-refractivity contribution in [2.75, 3.05) is 0 Å². The molecule has 0 aliphatic rings. The van der Waals surface area contributed by atoms with Crippen LogP contribution in [0.1, 0.15) is 6.92 Å². The van der Waals surface area contributed by atoms with E-state index in [4.69, 9.17) is 6.58 Å². The molecule has 0 bridgehead atoms. The van der Waals surface area contributed by atoms with E-state index in [2.05, 4.69) is 0 Å². The molecule has 0 aliphatic heterocycles. The molecule has 0 heterocycles. The first-order valence-corrected chi connectivity index (χ1v) is 0.911. The average Bonchev–Trinajstić information content (AvgIpc) is 0.918. The van der Waals surface area contributed by atoms with Gasteiger partial charge in [0.1, 0.15) is 0 Å². The van der Waals surface area contributed by atoms with E-state index in [1.807, 2.05) is 0 Å². The van der Waals surface area contributed by atoms with Crippen molar-refractivity contribution in [2.45, 2.75) is 6.92 Å². The van der Waals surface area contributed by atoms with Gasteiger partial charge in [0.2, 0.25) is 0 Å². The quantitative estimate of drug-likeness (QED) is 0.586. The van der Waals surface area contributed by atoms with Crippen molar-refractivity contribution in [3.63, 3.8) is 0 Å². The Morgan fingerprint density at radius 2 is 1.17 bits per heavy atom. The monoisotopic (exact) mass is 308 g/mol. The summed E-state index contributed by atoms with van der Waals surface area (Å²) in [4.78, 5) is 0. The fraction of sp³-hybridized carbons (Fsp3) is 0.333. The van der Waals surface area contributed by atoms with Crippen molar-refractivity contribution >= 4 is 0 Å². The van der Waals surface area contributed by atoms with E-state index in [9.17, 15) is 0 Å². The molecule has 3 heteroatoms. The predicted octanol–water partition coefficient (Wildman–Crippen LogP) is 0.988. The molecule has 0 aliphatic carbocycles. The van der Waals surface area contributed by atoms with Crippen molar-refractivity contribution < 1.29 is 98.1 Å². The van der Waals surface area contributed by atoms with E-state index in [1.165, 1.54) is 6.08 Å². The molecule has 0 spiro atoms. The summed E-state index contributed by atoms with van der Waals surface area (Å²) in [5.74, 6) is 0. The molecule has 0 fully saturated rings. The standard InChI is InChI=1S/C3H5.3Y/c1-3-2;;;/h1,3H,2H3;;;/q-1;;;. The van der Waals surface area contributed by atoms with Crippen LogP contribution in [0.25, 0.3) is 0 Å². The molecule has 0 saturated heterocycles. The molecule has 0 aromatic rings. The Morgan fingerprint density at radius 1 is 1.17 bits per heavy atom. The van der Waals surface area contributed by atoms with E-state index in [0.717, 1.165) is 0 Å². The SMILES string of the molecule is [CH-]=CC.[Y].[Y].[Y]. The van der Waals surface area contributed by atoms with Gasteiger partial charge >= 0.3 is 0 Å². The molecule has 0 nitrogen and oxygen atoms in total. The molecule has 0 saturated carbocycles. The van der Waals surface area contributed by atoms with Crippen LogP contribution in [0.3, 0.4) is 0 Å². The number of rotatable bonds is 0. The summed E-state index contributed by atoms with van der Waals surface area (Å²) >= 11 is 0. The van der Waals surface area contributed by atoms with E-state index in [1.54, 1.807) is 6.92 Å². The maximum Gasteiger partial charge on any atom is 0 e. The maximum absolute atomic E-state index is 4.72. The van der Waals surface area contributed by atoms with Crippen LogP contribution in [-0.2, 0) is 98.1 Å². The molecule has 27 valence electrons. The van der Waals surface area contributed by atoms with Crippen LogP contribution >= 0.6 is 0 Å². The van der Waals surface area contributed by atoms with Crippen LogP contribution in [-0.4, -0.2) is 0 Å². The minimum absolute atomic E-state index is 0. The Bertz CT molecular complexity index is 13.5. The summed E-state index contributed by atoms with van der Waals surface area (Å²) in [6.07, 6.45) is 1.50. The number of hydrogen-bond acceptors (Lipinski definition) is 0. The molecule has 0 rings (SSSR count). The van der Waals surface area contributed by atoms with E-state index in [0.29, 0.717) is 0 Å². The van der Waals surface area contributed by atoms with E-state index in [-0.39, 0.29) is 98.1 Å². The summed E-state index contributed by atoms with van der Waals surface area (Å²) in [5.41, 5.74) is 0. The largest absolute Gasteiger partial charge is 0.518 e. The third kappa shape index (κ3) is 27.7. The average molecular weight is 308 g/mol. The zero-order valence-electron chi connectivity index (χ0n) is 3.89. The Balaban J connectivity index is -0.00000000667. The van der Waals surface area contributed by atoms with Gasteiger partial charge in [-0.2, -0.15) is 0 Å². The van der Waals surface area contributed by atoms with Crippen molar-refractivity contribution in [1.29, 1.82) is 0 Å². The fourth-order valence-electron chi connectivity index (χ4n) is 0. The number of allylic oxidation sites excluding steroid dienone is 1. The van der Waals surface area contributed by atoms with Gasteiger partial charge in [-0.05, 0) is 0 Å². The van der Waals surface area contributed by atoms with Gasteiger partial charge in [-0.15, -0.1) is 0 Å². The first kappa shape index (κ1) is 23.0. The summed E-state index contributed by atoms with van der Waals surface area (Å²) in [6.45, 7) is 6.50. The van der Waals surface area contributed by atoms with Crippen LogP contribution in [0.5, 0.6) is 0 Å². The molecule has 0 aromatic carbocycles. The Morgan fingerprint density at radius 3 is 1.17 bits per heavy atom. The van der Waals surface area contributed by atoms with Crippen molar-refractivity contribution in [2.24, 2.45) is 0 Å². The van der Waals surface area contributed by atoms with E-state index < -0.39 is 0 Å². The zero-order chi connectivity index (χ0) is 2.71. The molecule has 0 unspecified atom stereocenters. The number of hydrogen-bond donors (Lipinski definition) is 0. The van der Waals surface area contributed by atoms with Crippen molar-refractivity contribution in [3.8, 4) is 0 Å². The van der Waals surface area contributed by atoms with Crippen LogP contribution in [0.2, 0.25) is 0 Å². The zero-order valence-corrected chi connectivity index (χ0v) is 12.4. The third-order valence-electron chi connectivity index (χ3n) is 0. The normalized spacial score (nSPS) is 2.17. The van der Waals surface area contributed by atoms with Crippen LogP contribution < -0.4 is 0 Å². The minimum atomic E-state index is 0. The second-order valence-electron chi connectivity index (χ2n) is 0.333. The molecule has 0 atom stereocenters. The van der Waals surface area contributed by atoms with Crippen LogP contribution in [0.4, 0.5) is 0 Å². The van der Waals surface area contributed by atoms with Crippen molar-refractivity contribution in [3.05, 3.63) is 12.7 Å². The van der Waals surface area contributed by atoms with Gasteiger partial charge in [0.15, 0.2) is 0 Å². The smallest absolute Gasteiger partial charge is 0 e. The third-order valence-corrected chi connectivity index (χ3v) is 0. The van der Waals surface area contributed by atoms with Gasteiger partial charge in [0, 0.05) is 98.1 Å².